The maximum atomic E-state index is 13.2. The molecule has 1 fully saturated rings. The van der Waals surface area contributed by atoms with E-state index in [4.69, 9.17) is 13.9 Å². The van der Waals surface area contributed by atoms with Crippen LogP contribution in [-0.4, -0.2) is 28.3 Å². The molecule has 0 aliphatic heterocycles. The highest BCUT2D eigenvalue weighted by molar-refractivity contribution is 5.91. The lowest BCUT2D eigenvalue weighted by Gasteiger charge is -2.29. The minimum absolute atomic E-state index is 0.121. The quantitative estimate of drug-likeness (QED) is 0.418. The molecule has 0 saturated heterocycles. The van der Waals surface area contributed by atoms with E-state index in [-0.39, 0.29) is 31.2 Å². The molecule has 180 valence electrons. The molecule has 6 nitrogen and oxygen atoms in total. The molecule has 1 aromatic heterocycles. The average Bonchev–Trinajstić information content (AvgIpc) is 3.27. The fourth-order valence-electron chi connectivity index (χ4n) is 4.44. The Bertz CT molecular complexity index is 1090. The molecule has 1 N–H and O–H groups in total. The topological polar surface area (TPSA) is 81.8 Å². The van der Waals surface area contributed by atoms with E-state index < -0.39 is 5.97 Å². The summed E-state index contributed by atoms with van der Waals surface area (Å²) in [5.74, 6) is -0.829. The van der Waals surface area contributed by atoms with Crippen LogP contribution in [0, 0.1) is 12.7 Å². The molecular weight excluding hydrogens is 437 g/mol. The zero-order valence-electron chi connectivity index (χ0n) is 19.3. The standard InChI is InChI=1S/C27H30FNO5/c1-18-7-6-8-20(25(18)27(30)31)15-32-23-9-4-2-3-5-10-24(23)33-16-22-17-34-26(29-22)19-11-13-21(28)14-12-19/h6-8,11-14,17,23-24H,2-5,9-10,15-16H2,1H3,(H,30,31)/t23-,24-/m0/s1. The number of halogens is 1. The number of nitrogens with zero attached hydrogens (tertiary/aromatic N) is 1. The largest absolute Gasteiger partial charge is 0.478 e. The highest BCUT2D eigenvalue weighted by atomic mass is 19.1. The van der Waals surface area contributed by atoms with E-state index in [1.54, 1.807) is 31.4 Å². The highest BCUT2D eigenvalue weighted by Gasteiger charge is 2.26. The van der Waals surface area contributed by atoms with Crippen LogP contribution in [0.3, 0.4) is 0 Å². The summed E-state index contributed by atoms with van der Waals surface area (Å²) in [7, 11) is 0. The first-order chi connectivity index (χ1) is 16.5. The number of oxazole rings is 1. The van der Waals surface area contributed by atoms with E-state index >= 15 is 0 Å². The minimum Gasteiger partial charge on any atom is -0.478 e. The molecule has 1 aliphatic rings. The van der Waals surface area contributed by atoms with Gasteiger partial charge in [-0.2, -0.15) is 0 Å². The zero-order valence-corrected chi connectivity index (χ0v) is 19.3. The Labute approximate surface area is 198 Å². The fourth-order valence-corrected chi connectivity index (χ4v) is 4.44. The molecule has 3 aromatic rings. The molecule has 1 heterocycles. The Morgan fingerprint density at radius 2 is 1.71 bits per heavy atom. The third-order valence-electron chi connectivity index (χ3n) is 6.26. The summed E-state index contributed by atoms with van der Waals surface area (Å²) in [5, 5.41) is 9.61. The molecule has 7 heteroatoms. The number of hydrogen-bond acceptors (Lipinski definition) is 5. The molecule has 0 radical (unpaired) electrons. The molecule has 1 saturated carbocycles. The number of benzene rings is 2. The molecule has 2 aromatic carbocycles. The molecular formula is C27H30FNO5. The number of carboxylic acid groups (broad SMARTS) is 1. The summed E-state index contributed by atoms with van der Waals surface area (Å²) in [4.78, 5) is 16.2. The smallest absolute Gasteiger partial charge is 0.336 e. The first kappa shape index (κ1) is 24.1. The number of aromatic carboxylic acids is 1. The monoisotopic (exact) mass is 467 g/mol. The van der Waals surface area contributed by atoms with Crippen LogP contribution in [0.25, 0.3) is 11.5 Å². The van der Waals surface area contributed by atoms with E-state index in [0.717, 1.165) is 44.1 Å². The van der Waals surface area contributed by atoms with Gasteiger partial charge < -0.3 is 19.0 Å². The Hall–Kier alpha value is -3.03. The Balaban J connectivity index is 1.41. The van der Waals surface area contributed by atoms with Crippen LogP contribution in [0.1, 0.15) is 65.7 Å². The predicted molar refractivity (Wildman–Crippen MR) is 125 cm³/mol. The second-order valence-electron chi connectivity index (χ2n) is 8.76. The van der Waals surface area contributed by atoms with E-state index in [1.165, 1.54) is 12.1 Å². The number of ether oxygens (including phenoxy) is 2. The van der Waals surface area contributed by atoms with E-state index in [0.29, 0.717) is 28.3 Å². The SMILES string of the molecule is Cc1cccc(CO[C@H]2CCCCCC[C@@H]2OCc2coc(-c3ccc(F)cc3)n2)c1C(=O)O. The first-order valence-electron chi connectivity index (χ1n) is 11.8. The molecule has 34 heavy (non-hydrogen) atoms. The normalized spacial score (nSPS) is 18.9. The lowest BCUT2D eigenvalue weighted by Crippen LogP contribution is -2.33. The van der Waals surface area contributed by atoms with Gasteiger partial charge in [0.1, 0.15) is 17.8 Å². The highest BCUT2D eigenvalue weighted by Crippen LogP contribution is 2.26. The molecule has 0 unspecified atom stereocenters. The van der Waals surface area contributed by atoms with Gasteiger partial charge in [-0.1, -0.05) is 43.9 Å². The van der Waals surface area contributed by atoms with Crippen molar-refractivity contribution in [1.29, 1.82) is 0 Å². The number of aryl methyl sites for hydroxylation is 1. The van der Waals surface area contributed by atoms with E-state index in [1.807, 2.05) is 12.1 Å². The Morgan fingerprint density at radius 3 is 2.38 bits per heavy atom. The Morgan fingerprint density at radius 1 is 1.03 bits per heavy atom. The summed E-state index contributed by atoms with van der Waals surface area (Å²) < 4.78 is 31.2. The second-order valence-corrected chi connectivity index (χ2v) is 8.76. The maximum Gasteiger partial charge on any atom is 0.336 e. The molecule has 0 spiro atoms. The van der Waals surface area contributed by atoms with Gasteiger partial charge in [0.25, 0.3) is 0 Å². The number of hydrogen-bond donors (Lipinski definition) is 1. The van der Waals surface area contributed by atoms with Crippen molar-refractivity contribution in [1.82, 2.24) is 4.98 Å². The van der Waals surface area contributed by atoms with Gasteiger partial charge >= 0.3 is 5.97 Å². The average molecular weight is 468 g/mol. The van der Waals surface area contributed by atoms with Crippen molar-refractivity contribution in [3.8, 4) is 11.5 Å². The summed E-state index contributed by atoms with van der Waals surface area (Å²) >= 11 is 0. The summed E-state index contributed by atoms with van der Waals surface area (Å²) in [5.41, 5.74) is 3.07. The van der Waals surface area contributed by atoms with Crippen molar-refractivity contribution >= 4 is 5.97 Å². The van der Waals surface area contributed by atoms with Gasteiger partial charge in [-0.25, -0.2) is 14.2 Å². The Kier molecular flexibility index (Phi) is 8.08. The zero-order chi connectivity index (χ0) is 23.9. The molecule has 2 atom stereocenters. The summed E-state index contributed by atoms with van der Waals surface area (Å²) in [6.45, 7) is 2.30. The number of carbonyl (C=O) groups is 1. The number of carboxylic acids is 1. The van der Waals surface area contributed by atoms with Gasteiger partial charge in [0.2, 0.25) is 5.89 Å². The van der Waals surface area contributed by atoms with Crippen LogP contribution in [0.5, 0.6) is 0 Å². The van der Waals surface area contributed by atoms with Crippen molar-refractivity contribution in [2.45, 2.75) is 70.9 Å². The van der Waals surface area contributed by atoms with E-state index in [9.17, 15) is 14.3 Å². The van der Waals surface area contributed by atoms with Gasteiger partial charge in [-0.05, 0) is 55.2 Å². The first-order valence-corrected chi connectivity index (χ1v) is 11.8. The summed E-state index contributed by atoms with van der Waals surface area (Å²) in [6.07, 6.45) is 7.44. The van der Waals surface area contributed by atoms with Crippen LogP contribution in [0.2, 0.25) is 0 Å². The van der Waals surface area contributed by atoms with Crippen LogP contribution in [0.4, 0.5) is 4.39 Å². The molecule has 1 aliphatic carbocycles. The minimum atomic E-state index is -0.940. The van der Waals surface area contributed by atoms with Crippen molar-refractivity contribution in [3.63, 3.8) is 0 Å². The van der Waals surface area contributed by atoms with Crippen molar-refractivity contribution < 1.29 is 28.2 Å². The maximum absolute atomic E-state index is 13.2. The lowest BCUT2D eigenvalue weighted by molar-refractivity contribution is -0.0961. The second kappa shape index (κ2) is 11.4. The number of rotatable bonds is 8. The van der Waals surface area contributed by atoms with Crippen molar-refractivity contribution in [2.24, 2.45) is 0 Å². The van der Waals surface area contributed by atoms with Gasteiger partial charge in [-0.3, -0.25) is 0 Å². The van der Waals surface area contributed by atoms with Crippen LogP contribution in [-0.2, 0) is 22.7 Å². The third-order valence-corrected chi connectivity index (χ3v) is 6.26. The molecule has 0 bridgehead atoms. The van der Waals surface area contributed by atoms with Gasteiger partial charge in [-0.15, -0.1) is 0 Å². The van der Waals surface area contributed by atoms with Gasteiger partial charge in [0, 0.05) is 5.56 Å². The van der Waals surface area contributed by atoms with E-state index in [2.05, 4.69) is 4.98 Å². The van der Waals surface area contributed by atoms with Crippen LogP contribution >= 0.6 is 0 Å². The molecule has 4 rings (SSSR count). The van der Waals surface area contributed by atoms with Crippen LogP contribution < -0.4 is 0 Å². The third kappa shape index (κ3) is 6.10. The molecule has 0 amide bonds. The van der Waals surface area contributed by atoms with Crippen molar-refractivity contribution in [2.75, 3.05) is 0 Å². The van der Waals surface area contributed by atoms with Gasteiger partial charge in [0.05, 0.1) is 31.0 Å². The predicted octanol–water partition coefficient (Wildman–Crippen LogP) is 6.31. The van der Waals surface area contributed by atoms with Crippen molar-refractivity contribution in [3.05, 3.63) is 76.9 Å². The van der Waals surface area contributed by atoms with Crippen LogP contribution in [0.15, 0.2) is 53.1 Å². The fraction of sp³-hybridized carbons (Fsp3) is 0.407. The van der Waals surface area contributed by atoms with Gasteiger partial charge in [0.15, 0.2) is 0 Å². The number of aromatic nitrogens is 1. The summed E-state index contributed by atoms with van der Waals surface area (Å²) in [6, 6.07) is 11.5. The lowest BCUT2D eigenvalue weighted by atomic mass is 9.95.